The number of carbonyl (C=O) groups excluding carboxylic acids is 1. The SMILES string of the molecule is CC(C)C(NC(=O)c1csc(-c2ccccc2F)n1)c1nc(-c2cccnc2)no1. The smallest absolute Gasteiger partial charge is 0.271 e. The van der Waals surface area contributed by atoms with Crippen molar-refractivity contribution < 1.29 is 13.7 Å². The molecule has 0 fully saturated rings. The number of hydrogen-bond donors (Lipinski definition) is 1. The first-order valence-corrected chi connectivity index (χ1v) is 10.2. The van der Waals surface area contributed by atoms with Crippen LogP contribution in [0.25, 0.3) is 22.0 Å². The van der Waals surface area contributed by atoms with Gasteiger partial charge in [0.2, 0.25) is 11.7 Å². The molecule has 9 heteroatoms. The van der Waals surface area contributed by atoms with Crippen LogP contribution in [0.2, 0.25) is 0 Å². The summed E-state index contributed by atoms with van der Waals surface area (Å²) in [6, 6.07) is 9.42. The zero-order valence-electron chi connectivity index (χ0n) is 16.2. The van der Waals surface area contributed by atoms with Gasteiger partial charge in [0, 0.05) is 28.9 Å². The monoisotopic (exact) mass is 423 g/mol. The van der Waals surface area contributed by atoms with Crippen LogP contribution in [0, 0.1) is 11.7 Å². The van der Waals surface area contributed by atoms with Crippen molar-refractivity contribution in [1.82, 2.24) is 25.4 Å². The van der Waals surface area contributed by atoms with Crippen LogP contribution in [0.1, 0.15) is 36.3 Å². The van der Waals surface area contributed by atoms with Crippen molar-refractivity contribution in [3.05, 3.63) is 71.6 Å². The molecule has 4 aromatic rings. The molecular weight excluding hydrogens is 405 g/mol. The molecule has 0 saturated carbocycles. The average molecular weight is 423 g/mol. The van der Waals surface area contributed by atoms with E-state index in [1.54, 1.807) is 42.0 Å². The largest absolute Gasteiger partial charge is 0.339 e. The molecule has 0 aliphatic rings. The van der Waals surface area contributed by atoms with Crippen molar-refractivity contribution >= 4 is 17.2 Å². The van der Waals surface area contributed by atoms with E-state index in [1.807, 2.05) is 19.9 Å². The first kappa shape index (κ1) is 19.8. The molecule has 1 unspecified atom stereocenters. The molecule has 1 aromatic carbocycles. The van der Waals surface area contributed by atoms with Gasteiger partial charge in [-0.1, -0.05) is 31.1 Å². The molecule has 152 valence electrons. The first-order chi connectivity index (χ1) is 14.5. The summed E-state index contributed by atoms with van der Waals surface area (Å²) in [6.45, 7) is 3.87. The van der Waals surface area contributed by atoms with Crippen LogP contribution >= 0.6 is 11.3 Å². The number of nitrogens with one attached hydrogen (secondary N) is 1. The van der Waals surface area contributed by atoms with E-state index in [-0.39, 0.29) is 17.4 Å². The van der Waals surface area contributed by atoms with Crippen LogP contribution in [0.5, 0.6) is 0 Å². The van der Waals surface area contributed by atoms with E-state index < -0.39 is 11.9 Å². The zero-order valence-corrected chi connectivity index (χ0v) is 17.1. The highest BCUT2D eigenvalue weighted by Gasteiger charge is 2.26. The number of rotatable bonds is 6. The topological polar surface area (TPSA) is 93.8 Å². The zero-order chi connectivity index (χ0) is 21.1. The molecule has 4 rings (SSSR count). The minimum atomic E-state index is -0.506. The standard InChI is InChI=1S/C21H18FN5O2S/c1-12(2)17(20-26-18(27-29-20)13-6-5-9-23-10-13)25-19(28)16-11-30-21(24-16)14-7-3-4-8-15(14)22/h3-12,17H,1-2H3,(H,25,28). The Morgan fingerprint density at radius 3 is 2.73 bits per heavy atom. The Balaban J connectivity index is 1.54. The van der Waals surface area contributed by atoms with Gasteiger partial charge in [0.25, 0.3) is 5.91 Å². The lowest BCUT2D eigenvalue weighted by Gasteiger charge is -2.17. The Hall–Kier alpha value is -3.46. The summed E-state index contributed by atoms with van der Waals surface area (Å²) in [5.41, 5.74) is 1.28. The van der Waals surface area contributed by atoms with Crippen LogP contribution in [0.3, 0.4) is 0 Å². The van der Waals surface area contributed by atoms with Gasteiger partial charge in [-0.2, -0.15) is 4.98 Å². The van der Waals surface area contributed by atoms with Gasteiger partial charge in [-0.25, -0.2) is 9.37 Å². The van der Waals surface area contributed by atoms with Crippen molar-refractivity contribution in [1.29, 1.82) is 0 Å². The molecule has 0 radical (unpaired) electrons. The predicted molar refractivity (Wildman–Crippen MR) is 110 cm³/mol. The highest BCUT2D eigenvalue weighted by atomic mass is 32.1. The number of halogens is 1. The van der Waals surface area contributed by atoms with Crippen molar-refractivity contribution in [2.24, 2.45) is 5.92 Å². The highest BCUT2D eigenvalue weighted by molar-refractivity contribution is 7.13. The number of hydrogen-bond acceptors (Lipinski definition) is 7. The fourth-order valence-corrected chi connectivity index (χ4v) is 3.67. The number of carbonyl (C=O) groups is 1. The fraction of sp³-hybridized carbons (Fsp3) is 0.190. The van der Waals surface area contributed by atoms with Crippen LogP contribution < -0.4 is 5.32 Å². The molecule has 3 heterocycles. The number of benzene rings is 1. The Morgan fingerprint density at radius 2 is 2.00 bits per heavy atom. The van der Waals surface area contributed by atoms with E-state index in [0.29, 0.717) is 22.3 Å². The average Bonchev–Trinajstić information content (AvgIpc) is 3.43. The van der Waals surface area contributed by atoms with Gasteiger partial charge in [0.1, 0.15) is 22.6 Å². The third kappa shape index (κ3) is 4.11. The van der Waals surface area contributed by atoms with Crippen LogP contribution in [-0.2, 0) is 0 Å². The van der Waals surface area contributed by atoms with Gasteiger partial charge < -0.3 is 9.84 Å². The Kier molecular flexibility index (Phi) is 5.62. The second-order valence-corrected chi connectivity index (χ2v) is 7.77. The molecular formula is C21H18FN5O2S. The number of aromatic nitrogens is 4. The highest BCUT2D eigenvalue weighted by Crippen LogP contribution is 2.27. The van der Waals surface area contributed by atoms with E-state index in [1.165, 1.54) is 17.4 Å². The summed E-state index contributed by atoms with van der Waals surface area (Å²) in [5, 5.41) is 8.92. The number of pyridine rings is 1. The van der Waals surface area contributed by atoms with E-state index in [4.69, 9.17) is 4.52 Å². The molecule has 1 amide bonds. The molecule has 1 atom stereocenters. The van der Waals surface area contributed by atoms with E-state index in [2.05, 4.69) is 25.4 Å². The maximum atomic E-state index is 14.0. The van der Waals surface area contributed by atoms with Crippen LogP contribution in [0.15, 0.2) is 58.7 Å². The van der Waals surface area contributed by atoms with Crippen molar-refractivity contribution in [2.75, 3.05) is 0 Å². The van der Waals surface area contributed by atoms with Gasteiger partial charge in [0.05, 0.1) is 0 Å². The molecule has 0 aliphatic heterocycles. The van der Waals surface area contributed by atoms with Crippen molar-refractivity contribution in [3.63, 3.8) is 0 Å². The summed E-state index contributed by atoms with van der Waals surface area (Å²) in [6.07, 6.45) is 3.29. The lowest BCUT2D eigenvalue weighted by atomic mass is 10.0. The Labute approximate surface area is 176 Å². The first-order valence-electron chi connectivity index (χ1n) is 9.28. The maximum absolute atomic E-state index is 14.0. The van der Waals surface area contributed by atoms with E-state index >= 15 is 0 Å². The summed E-state index contributed by atoms with van der Waals surface area (Å²) >= 11 is 1.21. The molecule has 30 heavy (non-hydrogen) atoms. The fourth-order valence-electron chi connectivity index (χ4n) is 2.84. The van der Waals surface area contributed by atoms with Gasteiger partial charge in [-0.15, -0.1) is 11.3 Å². The minimum Gasteiger partial charge on any atom is -0.339 e. The van der Waals surface area contributed by atoms with Crippen molar-refractivity contribution in [3.8, 4) is 22.0 Å². The summed E-state index contributed by atoms with van der Waals surface area (Å²) in [4.78, 5) is 25.5. The number of thiazole rings is 1. The lowest BCUT2D eigenvalue weighted by molar-refractivity contribution is 0.0909. The second-order valence-electron chi connectivity index (χ2n) is 6.91. The van der Waals surface area contributed by atoms with Gasteiger partial charge in [0.15, 0.2) is 0 Å². The third-order valence-electron chi connectivity index (χ3n) is 4.42. The predicted octanol–water partition coefficient (Wildman–Crippen LogP) is 4.52. The van der Waals surface area contributed by atoms with Gasteiger partial charge >= 0.3 is 0 Å². The Bertz CT molecular complexity index is 1160. The normalized spacial score (nSPS) is 12.1. The van der Waals surface area contributed by atoms with Crippen LogP contribution in [0.4, 0.5) is 4.39 Å². The second kappa shape index (κ2) is 8.50. The summed E-state index contributed by atoms with van der Waals surface area (Å²) in [7, 11) is 0. The van der Waals surface area contributed by atoms with E-state index in [0.717, 1.165) is 5.56 Å². The maximum Gasteiger partial charge on any atom is 0.271 e. The van der Waals surface area contributed by atoms with E-state index in [9.17, 15) is 9.18 Å². The molecule has 7 nitrogen and oxygen atoms in total. The summed E-state index contributed by atoms with van der Waals surface area (Å²) < 4.78 is 19.4. The van der Waals surface area contributed by atoms with Crippen molar-refractivity contribution in [2.45, 2.75) is 19.9 Å². The minimum absolute atomic E-state index is 0.0131. The third-order valence-corrected chi connectivity index (χ3v) is 5.30. The molecule has 1 N–H and O–H groups in total. The molecule has 0 saturated heterocycles. The molecule has 0 bridgehead atoms. The van der Waals surface area contributed by atoms with Gasteiger partial charge in [-0.3, -0.25) is 9.78 Å². The lowest BCUT2D eigenvalue weighted by Crippen LogP contribution is -2.32. The molecule has 3 aromatic heterocycles. The Morgan fingerprint density at radius 1 is 1.17 bits per heavy atom. The quantitative estimate of drug-likeness (QED) is 0.490. The van der Waals surface area contributed by atoms with Gasteiger partial charge in [-0.05, 0) is 30.2 Å². The molecule has 0 aliphatic carbocycles. The number of amides is 1. The van der Waals surface area contributed by atoms with Crippen LogP contribution in [-0.4, -0.2) is 26.0 Å². The molecule has 0 spiro atoms. The number of nitrogens with zero attached hydrogens (tertiary/aromatic N) is 4. The summed E-state index contributed by atoms with van der Waals surface area (Å²) in [5.74, 6) is -0.0996.